The maximum Gasteiger partial charge on any atom is 0.0424 e. The summed E-state index contributed by atoms with van der Waals surface area (Å²) in [6.45, 7) is 12.4. The van der Waals surface area contributed by atoms with Gasteiger partial charge in [-0.25, -0.2) is 0 Å². The maximum atomic E-state index is 6.37. The van der Waals surface area contributed by atoms with Crippen LogP contribution in [0.15, 0.2) is 18.2 Å². The summed E-state index contributed by atoms with van der Waals surface area (Å²) in [5, 5.41) is 0. The van der Waals surface area contributed by atoms with Crippen LogP contribution in [0, 0.1) is 25.7 Å². The van der Waals surface area contributed by atoms with Crippen LogP contribution in [-0.2, 0) is 0 Å². The molecule has 1 aliphatic heterocycles. The summed E-state index contributed by atoms with van der Waals surface area (Å²) in [6, 6.07) is 6.76. The van der Waals surface area contributed by atoms with E-state index in [1.807, 2.05) is 0 Å². The molecule has 2 heteroatoms. The molecule has 0 amide bonds. The molecule has 0 saturated carbocycles. The van der Waals surface area contributed by atoms with Gasteiger partial charge in [0.25, 0.3) is 0 Å². The fraction of sp³-hybridized carbons (Fsp3) is 0.647. The van der Waals surface area contributed by atoms with Crippen LogP contribution in [0.5, 0.6) is 0 Å². The van der Waals surface area contributed by atoms with E-state index in [9.17, 15) is 0 Å². The van der Waals surface area contributed by atoms with E-state index in [2.05, 4.69) is 50.8 Å². The van der Waals surface area contributed by atoms with E-state index in [1.165, 1.54) is 36.2 Å². The van der Waals surface area contributed by atoms with Gasteiger partial charge in [0.2, 0.25) is 0 Å². The molecule has 0 aliphatic carbocycles. The quantitative estimate of drug-likeness (QED) is 0.900. The van der Waals surface area contributed by atoms with Gasteiger partial charge in [-0.1, -0.05) is 32.0 Å². The minimum absolute atomic E-state index is 0.144. The maximum absolute atomic E-state index is 6.37. The van der Waals surface area contributed by atoms with E-state index in [0.29, 0.717) is 0 Å². The van der Waals surface area contributed by atoms with Crippen molar-refractivity contribution in [3.63, 3.8) is 0 Å². The number of likely N-dealkylation sites (tertiary alicyclic amines) is 1. The van der Waals surface area contributed by atoms with Crippen LogP contribution in [0.3, 0.4) is 0 Å². The van der Waals surface area contributed by atoms with Crippen molar-refractivity contribution in [2.45, 2.75) is 40.2 Å². The first-order valence-electron chi connectivity index (χ1n) is 7.52. The first kappa shape index (κ1) is 14.5. The van der Waals surface area contributed by atoms with Gasteiger partial charge in [-0.15, -0.1) is 0 Å². The molecule has 1 fully saturated rings. The fourth-order valence-electron chi connectivity index (χ4n) is 2.95. The van der Waals surface area contributed by atoms with Crippen molar-refractivity contribution in [2.75, 3.05) is 19.6 Å². The molecule has 0 bridgehead atoms. The Bertz CT molecular complexity index is 425. The van der Waals surface area contributed by atoms with E-state index < -0.39 is 0 Å². The Labute approximate surface area is 118 Å². The zero-order chi connectivity index (χ0) is 14.0. The largest absolute Gasteiger partial charge is 0.323 e. The van der Waals surface area contributed by atoms with E-state index in [-0.39, 0.29) is 6.04 Å². The lowest BCUT2D eigenvalue weighted by molar-refractivity contribution is 0.287. The molecule has 106 valence electrons. The highest BCUT2D eigenvalue weighted by molar-refractivity contribution is 5.31. The molecule has 2 N–H and O–H groups in total. The second kappa shape index (κ2) is 6.06. The van der Waals surface area contributed by atoms with Crippen LogP contribution in [0.2, 0.25) is 0 Å². The number of benzene rings is 1. The molecule has 1 aromatic rings. The lowest BCUT2D eigenvalue weighted by Crippen LogP contribution is -2.31. The van der Waals surface area contributed by atoms with E-state index in [0.717, 1.165) is 18.4 Å². The Morgan fingerprint density at radius 1 is 1.26 bits per heavy atom. The Morgan fingerprint density at radius 3 is 2.58 bits per heavy atom. The molecule has 2 nitrogen and oxygen atoms in total. The van der Waals surface area contributed by atoms with Crippen LogP contribution in [0.25, 0.3) is 0 Å². The topological polar surface area (TPSA) is 29.3 Å². The Morgan fingerprint density at radius 2 is 2.00 bits per heavy atom. The zero-order valence-corrected chi connectivity index (χ0v) is 12.8. The molecule has 2 rings (SSSR count). The van der Waals surface area contributed by atoms with Gasteiger partial charge < -0.3 is 10.6 Å². The van der Waals surface area contributed by atoms with Crippen molar-refractivity contribution in [3.05, 3.63) is 34.9 Å². The number of rotatable bonds is 4. The summed E-state index contributed by atoms with van der Waals surface area (Å²) >= 11 is 0. The Hall–Kier alpha value is -0.860. The highest BCUT2D eigenvalue weighted by Gasteiger charge is 2.25. The first-order chi connectivity index (χ1) is 8.97. The highest BCUT2D eigenvalue weighted by atomic mass is 15.2. The third-order valence-corrected chi connectivity index (χ3v) is 4.67. The molecule has 1 heterocycles. The number of aryl methyl sites for hydroxylation is 2. The van der Waals surface area contributed by atoms with Gasteiger partial charge in [0.15, 0.2) is 0 Å². The first-order valence-corrected chi connectivity index (χ1v) is 7.52. The van der Waals surface area contributed by atoms with Crippen molar-refractivity contribution >= 4 is 0 Å². The minimum atomic E-state index is 0.144. The molecule has 1 saturated heterocycles. The van der Waals surface area contributed by atoms with Crippen molar-refractivity contribution in [1.29, 1.82) is 0 Å². The van der Waals surface area contributed by atoms with E-state index in [1.54, 1.807) is 0 Å². The van der Waals surface area contributed by atoms with Gasteiger partial charge in [-0.05, 0) is 55.3 Å². The lowest BCUT2D eigenvalue weighted by Gasteiger charge is -2.22. The Kier molecular flexibility index (Phi) is 4.64. The van der Waals surface area contributed by atoms with Crippen LogP contribution in [-0.4, -0.2) is 24.5 Å². The molecule has 2 unspecified atom stereocenters. The summed E-state index contributed by atoms with van der Waals surface area (Å²) in [5.41, 5.74) is 10.3. The summed E-state index contributed by atoms with van der Waals surface area (Å²) in [6.07, 6.45) is 1.33. The molecular formula is C17H28N2. The summed E-state index contributed by atoms with van der Waals surface area (Å²) in [7, 11) is 0. The smallest absolute Gasteiger partial charge is 0.0424 e. The van der Waals surface area contributed by atoms with Crippen molar-refractivity contribution in [3.8, 4) is 0 Å². The highest BCUT2D eigenvalue weighted by Crippen LogP contribution is 2.25. The SMILES string of the molecule is Cc1ccc(C(N)CN2CCC(C(C)C)C2)cc1C. The molecular weight excluding hydrogens is 232 g/mol. The van der Waals surface area contributed by atoms with Crippen LogP contribution in [0.1, 0.15) is 43.0 Å². The van der Waals surface area contributed by atoms with Gasteiger partial charge in [0.1, 0.15) is 0 Å². The van der Waals surface area contributed by atoms with Crippen molar-refractivity contribution < 1.29 is 0 Å². The second-order valence-electron chi connectivity index (χ2n) is 6.50. The third kappa shape index (κ3) is 3.58. The molecule has 1 aromatic carbocycles. The zero-order valence-electron chi connectivity index (χ0n) is 12.8. The average molecular weight is 260 g/mol. The number of nitrogens with two attached hydrogens (primary N) is 1. The summed E-state index contributed by atoms with van der Waals surface area (Å²) < 4.78 is 0. The van der Waals surface area contributed by atoms with Gasteiger partial charge in [0, 0.05) is 19.1 Å². The van der Waals surface area contributed by atoms with E-state index >= 15 is 0 Å². The third-order valence-electron chi connectivity index (χ3n) is 4.67. The van der Waals surface area contributed by atoms with Gasteiger partial charge >= 0.3 is 0 Å². The molecule has 19 heavy (non-hydrogen) atoms. The average Bonchev–Trinajstić information content (AvgIpc) is 2.81. The van der Waals surface area contributed by atoms with Gasteiger partial charge in [0.05, 0.1) is 0 Å². The van der Waals surface area contributed by atoms with Gasteiger partial charge in [-0.3, -0.25) is 0 Å². The standard InChI is InChI=1S/C17H28N2/c1-12(2)16-7-8-19(10-16)11-17(18)15-6-5-13(3)14(4)9-15/h5-6,9,12,16-17H,7-8,10-11,18H2,1-4H3. The number of nitrogens with zero attached hydrogens (tertiary/aromatic N) is 1. The van der Waals surface area contributed by atoms with Crippen LogP contribution < -0.4 is 5.73 Å². The predicted octanol–water partition coefficient (Wildman–Crippen LogP) is 3.28. The Balaban J connectivity index is 1.94. The molecule has 0 radical (unpaired) electrons. The molecule has 0 aromatic heterocycles. The lowest BCUT2D eigenvalue weighted by atomic mass is 9.95. The fourth-order valence-corrected chi connectivity index (χ4v) is 2.95. The number of hydrogen-bond acceptors (Lipinski definition) is 2. The van der Waals surface area contributed by atoms with Crippen LogP contribution in [0.4, 0.5) is 0 Å². The summed E-state index contributed by atoms with van der Waals surface area (Å²) in [4.78, 5) is 2.53. The number of hydrogen-bond donors (Lipinski definition) is 1. The monoisotopic (exact) mass is 260 g/mol. The molecule has 0 spiro atoms. The normalized spacial score (nSPS) is 22.1. The van der Waals surface area contributed by atoms with Gasteiger partial charge in [-0.2, -0.15) is 0 Å². The van der Waals surface area contributed by atoms with Crippen LogP contribution >= 0.6 is 0 Å². The second-order valence-corrected chi connectivity index (χ2v) is 6.50. The molecule has 1 aliphatic rings. The van der Waals surface area contributed by atoms with Crippen molar-refractivity contribution in [2.24, 2.45) is 17.6 Å². The predicted molar refractivity (Wildman–Crippen MR) is 82.2 cm³/mol. The molecule has 2 atom stereocenters. The minimum Gasteiger partial charge on any atom is -0.323 e. The summed E-state index contributed by atoms with van der Waals surface area (Å²) in [5.74, 6) is 1.65. The van der Waals surface area contributed by atoms with Crippen molar-refractivity contribution in [1.82, 2.24) is 4.90 Å². The van der Waals surface area contributed by atoms with E-state index in [4.69, 9.17) is 5.73 Å².